The van der Waals surface area contributed by atoms with Crippen molar-refractivity contribution in [2.24, 2.45) is 0 Å². The molecule has 0 bridgehead atoms. The van der Waals surface area contributed by atoms with Gasteiger partial charge in [0.2, 0.25) is 5.91 Å². The van der Waals surface area contributed by atoms with Gasteiger partial charge in [0.05, 0.1) is 26.2 Å². The van der Waals surface area contributed by atoms with Crippen LogP contribution < -0.4 is 9.47 Å². The molecule has 0 radical (unpaired) electrons. The number of rotatable bonds is 6. The topological polar surface area (TPSA) is 51.9 Å². The van der Waals surface area contributed by atoms with E-state index >= 15 is 0 Å². The van der Waals surface area contributed by atoms with E-state index in [1.807, 2.05) is 35.2 Å². The minimum Gasteiger partial charge on any atom is -0.493 e. The summed E-state index contributed by atoms with van der Waals surface area (Å²) in [6.45, 7) is 0.646. The Bertz CT molecular complexity index is 671. The Morgan fingerprint density at radius 1 is 1.26 bits per heavy atom. The first-order valence-electron chi connectivity index (χ1n) is 7.38. The van der Waals surface area contributed by atoms with E-state index in [2.05, 4.69) is 0 Å². The highest BCUT2D eigenvalue weighted by atomic mass is 32.2. The summed E-state index contributed by atoms with van der Waals surface area (Å²) in [5.74, 6) is 2.88. The Morgan fingerprint density at radius 2 is 2.09 bits per heavy atom. The fourth-order valence-electron chi connectivity index (χ4n) is 2.65. The van der Waals surface area contributed by atoms with Crippen molar-refractivity contribution < 1.29 is 18.7 Å². The zero-order valence-electron chi connectivity index (χ0n) is 13.2. The molecule has 3 rings (SSSR count). The van der Waals surface area contributed by atoms with Crippen molar-refractivity contribution >= 4 is 17.7 Å². The molecule has 0 saturated carbocycles. The zero-order chi connectivity index (χ0) is 16.2. The van der Waals surface area contributed by atoms with Gasteiger partial charge in [0.1, 0.15) is 11.1 Å². The fraction of sp³-hybridized carbons (Fsp3) is 0.353. The highest BCUT2D eigenvalue weighted by Crippen LogP contribution is 2.38. The number of furan rings is 1. The predicted octanol–water partition coefficient (Wildman–Crippen LogP) is 3.11. The van der Waals surface area contributed by atoms with Gasteiger partial charge >= 0.3 is 0 Å². The Hall–Kier alpha value is -2.08. The molecule has 1 saturated heterocycles. The minimum absolute atomic E-state index is 0.0300. The van der Waals surface area contributed by atoms with Crippen LogP contribution in [0.25, 0.3) is 0 Å². The maximum Gasteiger partial charge on any atom is 0.233 e. The molecule has 6 heteroatoms. The average Bonchev–Trinajstić information content (AvgIpc) is 3.22. The summed E-state index contributed by atoms with van der Waals surface area (Å²) in [4.78, 5) is 14.0. The van der Waals surface area contributed by atoms with Crippen molar-refractivity contribution in [1.82, 2.24) is 4.90 Å². The first-order chi connectivity index (χ1) is 11.2. The summed E-state index contributed by atoms with van der Waals surface area (Å²) < 4.78 is 16.0. The van der Waals surface area contributed by atoms with E-state index in [0.29, 0.717) is 23.8 Å². The maximum atomic E-state index is 12.1. The number of nitrogens with zero attached hydrogens (tertiary/aromatic N) is 1. The summed E-state index contributed by atoms with van der Waals surface area (Å²) in [6.07, 6.45) is 2.40. The first-order valence-corrected chi connectivity index (χ1v) is 8.43. The number of carbonyl (C=O) groups is 1. The molecule has 23 heavy (non-hydrogen) atoms. The monoisotopic (exact) mass is 333 g/mol. The third kappa shape index (κ3) is 3.32. The summed E-state index contributed by atoms with van der Waals surface area (Å²) in [5, 5.41) is -0.0300. The molecular weight excluding hydrogens is 314 g/mol. The van der Waals surface area contributed by atoms with Crippen molar-refractivity contribution in [1.29, 1.82) is 0 Å². The van der Waals surface area contributed by atoms with Gasteiger partial charge in [-0.1, -0.05) is 6.07 Å². The van der Waals surface area contributed by atoms with Crippen LogP contribution in [0.2, 0.25) is 0 Å². The van der Waals surface area contributed by atoms with E-state index in [1.54, 1.807) is 32.2 Å². The van der Waals surface area contributed by atoms with E-state index in [-0.39, 0.29) is 11.3 Å². The second-order valence-electron chi connectivity index (χ2n) is 5.21. The molecule has 2 aromatic rings. The highest BCUT2D eigenvalue weighted by molar-refractivity contribution is 8.00. The van der Waals surface area contributed by atoms with Gasteiger partial charge < -0.3 is 18.8 Å². The molecule has 122 valence electrons. The molecule has 1 amide bonds. The lowest BCUT2D eigenvalue weighted by Gasteiger charge is -2.22. The van der Waals surface area contributed by atoms with Crippen molar-refractivity contribution in [2.75, 3.05) is 26.5 Å². The molecule has 1 atom stereocenters. The molecule has 2 heterocycles. The second-order valence-corrected chi connectivity index (χ2v) is 6.27. The lowest BCUT2D eigenvalue weighted by molar-refractivity contribution is -0.128. The first kappa shape index (κ1) is 15.8. The van der Waals surface area contributed by atoms with E-state index in [0.717, 1.165) is 17.7 Å². The van der Waals surface area contributed by atoms with E-state index in [4.69, 9.17) is 13.9 Å². The molecule has 0 N–H and O–H groups in total. The average molecular weight is 333 g/mol. The van der Waals surface area contributed by atoms with Gasteiger partial charge in [-0.25, -0.2) is 0 Å². The van der Waals surface area contributed by atoms with Gasteiger partial charge in [-0.15, -0.1) is 11.8 Å². The molecule has 5 nitrogen and oxygen atoms in total. The van der Waals surface area contributed by atoms with Crippen LogP contribution in [-0.2, 0) is 11.2 Å². The number of benzene rings is 1. The predicted molar refractivity (Wildman–Crippen MR) is 88.9 cm³/mol. The van der Waals surface area contributed by atoms with Crippen LogP contribution in [0, 0.1) is 0 Å². The minimum atomic E-state index is -0.0300. The third-order valence-corrected chi connectivity index (χ3v) is 5.06. The summed E-state index contributed by atoms with van der Waals surface area (Å²) in [5.41, 5.74) is 1.10. The standard InChI is InChI=1S/C17H19NO4S/c1-20-13-6-5-12(10-15(13)21-2)7-8-18-16(19)11-23-17(18)14-4-3-9-22-14/h3-6,9-10,17H,7-8,11H2,1-2H3/t17-/m1/s1. The summed E-state index contributed by atoms with van der Waals surface area (Å²) >= 11 is 1.60. The number of ether oxygens (including phenoxy) is 2. The van der Waals surface area contributed by atoms with Crippen LogP contribution in [0.5, 0.6) is 11.5 Å². The molecule has 1 aromatic heterocycles. The normalized spacial score (nSPS) is 17.6. The number of carbonyl (C=O) groups excluding carboxylic acids is 1. The summed E-state index contributed by atoms with van der Waals surface area (Å²) in [6, 6.07) is 9.61. The van der Waals surface area contributed by atoms with Crippen LogP contribution >= 0.6 is 11.8 Å². The second kappa shape index (κ2) is 7.00. The molecular formula is C17H19NO4S. The Morgan fingerprint density at radius 3 is 2.78 bits per heavy atom. The van der Waals surface area contributed by atoms with Crippen molar-refractivity contribution in [3.05, 3.63) is 47.9 Å². The summed E-state index contributed by atoms with van der Waals surface area (Å²) in [7, 11) is 3.24. The smallest absolute Gasteiger partial charge is 0.233 e. The van der Waals surface area contributed by atoms with Gasteiger partial charge in [-0.3, -0.25) is 4.79 Å². The van der Waals surface area contributed by atoms with E-state index in [9.17, 15) is 4.79 Å². The molecule has 1 aliphatic rings. The van der Waals surface area contributed by atoms with Crippen LogP contribution in [0.3, 0.4) is 0 Å². The quantitative estimate of drug-likeness (QED) is 0.813. The number of methoxy groups -OCH3 is 2. The van der Waals surface area contributed by atoms with Crippen molar-refractivity contribution in [3.63, 3.8) is 0 Å². The Balaban J connectivity index is 1.70. The SMILES string of the molecule is COc1ccc(CCN2C(=O)CS[C@@H]2c2ccco2)cc1OC. The Kier molecular flexibility index (Phi) is 4.81. The number of thioether (sulfide) groups is 1. The molecule has 0 spiro atoms. The van der Waals surface area contributed by atoms with Crippen LogP contribution in [-0.4, -0.2) is 37.3 Å². The van der Waals surface area contributed by atoms with Gasteiger partial charge in [0, 0.05) is 6.54 Å². The van der Waals surface area contributed by atoms with Gasteiger partial charge in [0.15, 0.2) is 11.5 Å². The lowest BCUT2D eigenvalue weighted by Crippen LogP contribution is -2.30. The van der Waals surface area contributed by atoms with Crippen molar-refractivity contribution in [2.45, 2.75) is 11.8 Å². The Labute approximate surface area is 139 Å². The van der Waals surface area contributed by atoms with Crippen molar-refractivity contribution in [3.8, 4) is 11.5 Å². The number of hydrogen-bond acceptors (Lipinski definition) is 5. The van der Waals surface area contributed by atoms with Gasteiger partial charge in [0.25, 0.3) is 0 Å². The molecule has 1 aliphatic heterocycles. The molecule has 0 aliphatic carbocycles. The molecule has 1 fully saturated rings. The van der Waals surface area contributed by atoms with Crippen LogP contribution in [0.15, 0.2) is 41.0 Å². The number of amides is 1. The van der Waals surface area contributed by atoms with E-state index < -0.39 is 0 Å². The highest BCUT2D eigenvalue weighted by Gasteiger charge is 2.34. The van der Waals surface area contributed by atoms with Gasteiger partial charge in [-0.2, -0.15) is 0 Å². The van der Waals surface area contributed by atoms with Crippen LogP contribution in [0.4, 0.5) is 0 Å². The largest absolute Gasteiger partial charge is 0.493 e. The number of hydrogen-bond donors (Lipinski definition) is 0. The fourth-order valence-corrected chi connectivity index (χ4v) is 3.82. The van der Waals surface area contributed by atoms with E-state index in [1.165, 1.54) is 0 Å². The molecule has 1 aromatic carbocycles. The zero-order valence-corrected chi connectivity index (χ0v) is 14.0. The van der Waals surface area contributed by atoms with Gasteiger partial charge in [-0.05, 0) is 36.2 Å². The third-order valence-electron chi connectivity index (χ3n) is 3.84. The maximum absolute atomic E-state index is 12.1. The lowest BCUT2D eigenvalue weighted by atomic mass is 10.1. The van der Waals surface area contributed by atoms with Crippen LogP contribution in [0.1, 0.15) is 16.7 Å². The molecule has 0 unspecified atom stereocenters.